The number of amides is 1. The standard InChI is InChI=1S/C25H28N2O4/c1-25(2,3)31-24(29)27-21(19-15-26-20-12-8-7-11-18(19)20)13-14-22(27)23(28)30-16-17-9-5-4-6-10-17/h4-12,15,21-22,26H,13-14,16H2,1-3H3/t21-,22-/m0/s1. The van der Waals surface area contributed by atoms with Gasteiger partial charge in [-0.25, -0.2) is 9.59 Å². The number of esters is 1. The van der Waals surface area contributed by atoms with Gasteiger partial charge in [0.05, 0.1) is 6.04 Å². The minimum atomic E-state index is -0.683. The summed E-state index contributed by atoms with van der Waals surface area (Å²) in [4.78, 5) is 31.0. The molecule has 0 radical (unpaired) electrons. The third kappa shape index (κ3) is 4.58. The van der Waals surface area contributed by atoms with Gasteiger partial charge in [0.25, 0.3) is 0 Å². The zero-order valence-electron chi connectivity index (χ0n) is 18.1. The van der Waals surface area contributed by atoms with Gasteiger partial charge >= 0.3 is 12.1 Å². The molecular weight excluding hydrogens is 392 g/mol. The SMILES string of the molecule is CC(C)(C)OC(=O)N1[C@H](C(=O)OCc2ccccc2)CC[C@H]1c1c[nH]c2ccccc12. The van der Waals surface area contributed by atoms with E-state index in [2.05, 4.69) is 4.98 Å². The molecule has 1 N–H and O–H groups in total. The highest BCUT2D eigenvalue weighted by molar-refractivity contribution is 5.86. The summed E-state index contributed by atoms with van der Waals surface area (Å²) in [5.41, 5.74) is 2.23. The molecule has 4 rings (SSSR count). The molecular formula is C25H28N2O4. The Morgan fingerprint density at radius 2 is 1.74 bits per heavy atom. The van der Waals surface area contributed by atoms with Crippen molar-refractivity contribution in [1.82, 2.24) is 9.88 Å². The molecule has 0 aliphatic carbocycles. The lowest BCUT2D eigenvalue weighted by Gasteiger charge is -2.31. The highest BCUT2D eigenvalue weighted by Crippen LogP contribution is 2.40. The molecule has 1 aromatic heterocycles. The van der Waals surface area contributed by atoms with Crippen LogP contribution in [0.15, 0.2) is 60.8 Å². The number of aromatic nitrogens is 1. The Balaban J connectivity index is 1.60. The maximum atomic E-state index is 13.2. The lowest BCUT2D eigenvalue weighted by molar-refractivity contribution is -0.150. The van der Waals surface area contributed by atoms with E-state index in [0.717, 1.165) is 22.0 Å². The number of ether oxygens (including phenoxy) is 2. The van der Waals surface area contributed by atoms with Gasteiger partial charge in [-0.05, 0) is 45.2 Å². The number of likely N-dealkylation sites (tertiary alicyclic amines) is 1. The number of nitrogens with one attached hydrogen (secondary N) is 1. The van der Waals surface area contributed by atoms with E-state index < -0.39 is 23.7 Å². The van der Waals surface area contributed by atoms with Gasteiger partial charge in [-0.2, -0.15) is 0 Å². The molecule has 0 bridgehead atoms. The van der Waals surface area contributed by atoms with E-state index in [1.807, 2.05) is 81.6 Å². The van der Waals surface area contributed by atoms with Crippen molar-refractivity contribution >= 4 is 23.0 Å². The molecule has 162 valence electrons. The first-order valence-electron chi connectivity index (χ1n) is 10.6. The van der Waals surface area contributed by atoms with Crippen molar-refractivity contribution in [1.29, 1.82) is 0 Å². The fourth-order valence-corrected chi connectivity index (χ4v) is 4.11. The third-order valence-electron chi connectivity index (χ3n) is 5.47. The number of rotatable bonds is 4. The molecule has 6 heteroatoms. The highest BCUT2D eigenvalue weighted by Gasteiger charge is 2.45. The summed E-state index contributed by atoms with van der Waals surface area (Å²) in [6.07, 6.45) is 2.61. The summed E-state index contributed by atoms with van der Waals surface area (Å²) in [7, 11) is 0. The van der Waals surface area contributed by atoms with Crippen LogP contribution in [0, 0.1) is 0 Å². The van der Waals surface area contributed by atoms with Crippen LogP contribution < -0.4 is 0 Å². The smallest absolute Gasteiger partial charge is 0.411 e. The average Bonchev–Trinajstić information content (AvgIpc) is 3.35. The lowest BCUT2D eigenvalue weighted by atomic mass is 10.0. The van der Waals surface area contributed by atoms with E-state index >= 15 is 0 Å². The van der Waals surface area contributed by atoms with Gasteiger partial charge in [-0.1, -0.05) is 48.5 Å². The number of para-hydroxylation sites is 1. The van der Waals surface area contributed by atoms with Crippen molar-refractivity contribution in [3.63, 3.8) is 0 Å². The molecule has 1 amide bonds. The molecule has 6 nitrogen and oxygen atoms in total. The van der Waals surface area contributed by atoms with Gasteiger partial charge in [-0.3, -0.25) is 4.90 Å². The van der Waals surface area contributed by atoms with Crippen LogP contribution in [0.1, 0.15) is 50.8 Å². The number of carbonyl (C=O) groups excluding carboxylic acids is 2. The van der Waals surface area contributed by atoms with Crippen molar-refractivity contribution in [2.75, 3.05) is 0 Å². The Morgan fingerprint density at radius 1 is 1.03 bits per heavy atom. The Kier molecular flexibility index (Phi) is 5.72. The number of fused-ring (bicyclic) bond motifs is 1. The van der Waals surface area contributed by atoms with Crippen molar-refractivity contribution in [3.8, 4) is 0 Å². The molecule has 2 heterocycles. The van der Waals surface area contributed by atoms with Crippen molar-refractivity contribution < 1.29 is 19.1 Å². The Labute approximate surface area is 182 Å². The molecule has 0 spiro atoms. The van der Waals surface area contributed by atoms with Crippen molar-refractivity contribution in [3.05, 3.63) is 71.9 Å². The van der Waals surface area contributed by atoms with Gasteiger partial charge in [0.15, 0.2) is 0 Å². The number of carbonyl (C=O) groups is 2. The maximum absolute atomic E-state index is 13.2. The van der Waals surface area contributed by atoms with Crippen LogP contribution >= 0.6 is 0 Å². The van der Waals surface area contributed by atoms with Crippen LogP contribution in [-0.2, 0) is 20.9 Å². The topological polar surface area (TPSA) is 71.6 Å². The number of benzene rings is 2. The summed E-state index contributed by atoms with van der Waals surface area (Å²) >= 11 is 0. The molecule has 1 fully saturated rings. The summed E-state index contributed by atoms with van der Waals surface area (Å²) in [6, 6.07) is 16.5. The normalized spacial score (nSPS) is 18.9. The van der Waals surface area contributed by atoms with E-state index in [-0.39, 0.29) is 12.6 Å². The zero-order valence-corrected chi connectivity index (χ0v) is 18.1. The first-order valence-corrected chi connectivity index (χ1v) is 10.6. The van der Waals surface area contributed by atoms with Crippen LogP contribution in [0.3, 0.4) is 0 Å². The molecule has 1 aliphatic rings. The quantitative estimate of drug-likeness (QED) is 0.578. The van der Waals surface area contributed by atoms with E-state index in [1.165, 1.54) is 0 Å². The predicted octanol–water partition coefficient (Wildman–Crippen LogP) is 5.35. The Bertz CT molecular complexity index is 1070. The van der Waals surface area contributed by atoms with Gasteiger partial charge < -0.3 is 14.5 Å². The number of nitrogens with zero attached hydrogens (tertiary/aromatic N) is 1. The fourth-order valence-electron chi connectivity index (χ4n) is 4.11. The van der Waals surface area contributed by atoms with E-state index in [4.69, 9.17) is 9.47 Å². The highest BCUT2D eigenvalue weighted by atomic mass is 16.6. The van der Waals surface area contributed by atoms with Crippen LogP contribution in [0.2, 0.25) is 0 Å². The van der Waals surface area contributed by atoms with E-state index in [1.54, 1.807) is 4.90 Å². The second kappa shape index (κ2) is 8.46. The molecule has 2 aromatic carbocycles. The lowest BCUT2D eigenvalue weighted by Crippen LogP contribution is -2.45. The maximum Gasteiger partial charge on any atom is 0.411 e. The Morgan fingerprint density at radius 3 is 2.48 bits per heavy atom. The second-order valence-corrected chi connectivity index (χ2v) is 8.88. The van der Waals surface area contributed by atoms with Crippen LogP contribution in [0.5, 0.6) is 0 Å². The van der Waals surface area contributed by atoms with Crippen LogP contribution in [-0.4, -0.2) is 33.6 Å². The summed E-state index contributed by atoms with van der Waals surface area (Å²) in [5, 5.41) is 1.04. The third-order valence-corrected chi connectivity index (χ3v) is 5.47. The van der Waals surface area contributed by atoms with Crippen LogP contribution in [0.25, 0.3) is 10.9 Å². The largest absolute Gasteiger partial charge is 0.459 e. The van der Waals surface area contributed by atoms with Gasteiger partial charge in [0, 0.05) is 22.7 Å². The van der Waals surface area contributed by atoms with Gasteiger partial charge in [-0.15, -0.1) is 0 Å². The minimum absolute atomic E-state index is 0.177. The zero-order chi connectivity index (χ0) is 22.0. The van der Waals surface area contributed by atoms with Crippen LogP contribution in [0.4, 0.5) is 4.79 Å². The summed E-state index contributed by atoms with van der Waals surface area (Å²) in [6.45, 7) is 5.65. The molecule has 1 saturated heterocycles. The number of hydrogen-bond donors (Lipinski definition) is 1. The second-order valence-electron chi connectivity index (χ2n) is 8.88. The monoisotopic (exact) mass is 420 g/mol. The number of H-pyrrole nitrogens is 1. The van der Waals surface area contributed by atoms with Gasteiger partial charge in [0.1, 0.15) is 18.2 Å². The van der Waals surface area contributed by atoms with E-state index in [9.17, 15) is 9.59 Å². The number of hydrogen-bond acceptors (Lipinski definition) is 4. The first kappa shape index (κ1) is 21.0. The molecule has 1 aliphatic heterocycles. The number of aromatic amines is 1. The molecule has 31 heavy (non-hydrogen) atoms. The molecule has 0 saturated carbocycles. The molecule has 3 aromatic rings. The predicted molar refractivity (Wildman–Crippen MR) is 118 cm³/mol. The minimum Gasteiger partial charge on any atom is -0.459 e. The fraction of sp³-hybridized carbons (Fsp3) is 0.360. The van der Waals surface area contributed by atoms with Crippen molar-refractivity contribution in [2.45, 2.75) is 57.9 Å². The first-order chi connectivity index (χ1) is 14.8. The van der Waals surface area contributed by atoms with E-state index in [0.29, 0.717) is 12.8 Å². The van der Waals surface area contributed by atoms with Crippen molar-refractivity contribution in [2.24, 2.45) is 0 Å². The molecule has 2 atom stereocenters. The summed E-state index contributed by atoms with van der Waals surface area (Å²) in [5.74, 6) is -0.406. The molecule has 0 unspecified atom stereocenters. The van der Waals surface area contributed by atoms with Gasteiger partial charge in [0.2, 0.25) is 0 Å². The Hall–Kier alpha value is -3.28. The average molecular weight is 421 g/mol. The summed E-state index contributed by atoms with van der Waals surface area (Å²) < 4.78 is 11.3.